The van der Waals surface area contributed by atoms with E-state index in [1.165, 1.54) is 23.6 Å². The molecule has 0 spiro atoms. The van der Waals surface area contributed by atoms with Gasteiger partial charge in [-0.05, 0) is 36.4 Å². The lowest BCUT2D eigenvalue weighted by Gasteiger charge is -2.29. The highest BCUT2D eigenvalue weighted by atomic mass is 14.9. The first-order valence-electron chi connectivity index (χ1n) is 6.88. The van der Waals surface area contributed by atoms with Gasteiger partial charge in [0.25, 0.3) is 0 Å². The van der Waals surface area contributed by atoms with Crippen LogP contribution in [0.2, 0.25) is 0 Å². The molecular formula is C16H19N3. The van der Waals surface area contributed by atoms with E-state index in [1.54, 1.807) is 6.20 Å². The smallest absolute Gasteiger partial charge is 0.0792 e. The third kappa shape index (κ3) is 2.26. The summed E-state index contributed by atoms with van der Waals surface area (Å²) in [7, 11) is 0. The van der Waals surface area contributed by atoms with E-state index in [0.717, 1.165) is 24.2 Å². The Morgan fingerprint density at radius 3 is 3.00 bits per heavy atom. The van der Waals surface area contributed by atoms with Gasteiger partial charge in [-0.25, -0.2) is 0 Å². The van der Waals surface area contributed by atoms with E-state index >= 15 is 0 Å². The molecule has 0 saturated carbocycles. The minimum absolute atomic E-state index is 0.551. The topological polar surface area (TPSA) is 48.8 Å². The van der Waals surface area contributed by atoms with Crippen molar-refractivity contribution < 1.29 is 0 Å². The molecule has 19 heavy (non-hydrogen) atoms. The lowest BCUT2D eigenvalue weighted by Crippen LogP contribution is -2.33. The van der Waals surface area contributed by atoms with Gasteiger partial charge in [-0.2, -0.15) is 0 Å². The molecule has 3 nitrogen and oxygen atoms in total. The first-order chi connectivity index (χ1) is 9.29. The molecular weight excluding hydrogens is 234 g/mol. The van der Waals surface area contributed by atoms with Crippen LogP contribution in [0.4, 0.5) is 0 Å². The Labute approximate surface area is 113 Å². The molecule has 2 atom stereocenters. The number of piperidine rings is 1. The lowest BCUT2D eigenvalue weighted by molar-refractivity contribution is 0.365. The standard InChI is InChI=1S/C16H19N3/c1-11-7-13(10-18-9-11)14-5-4-12(8-17)16-15(14)3-2-6-19-16/h2-6,8,11,13,17-18H,7,9-10H2,1H3/t11-,13?/m1/s1. The van der Waals surface area contributed by atoms with E-state index in [4.69, 9.17) is 5.41 Å². The van der Waals surface area contributed by atoms with Crippen LogP contribution >= 0.6 is 0 Å². The maximum absolute atomic E-state index is 7.50. The number of aromatic nitrogens is 1. The summed E-state index contributed by atoms with van der Waals surface area (Å²) in [5.41, 5.74) is 3.22. The molecule has 1 aliphatic rings. The third-order valence-electron chi connectivity index (χ3n) is 4.00. The van der Waals surface area contributed by atoms with Gasteiger partial charge in [-0.3, -0.25) is 4.98 Å². The molecule has 1 fully saturated rings. The number of pyridine rings is 1. The summed E-state index contributed by atoms with van der Waals surface area (Å²) in [6.45, 7) is 4.45. The van der Waals surface area contributed by atoms with Gasteiger partial charge >= 0.3 is 0 Å². The number of hydrogen-bond acceptors (Lipinski definition) is 3. The molecule has 2 aromatic rings. The minimum Gasteiger partial charge on any atom is -0.316 e. The van der Waals surface area contributed by atoms with E-state index in [0.29, 0.717) is 11.8 Å². The van der Waals surface area contributed by atoms with Crippen molar-refractivity contribution >= 4 is 17.1 Å². The third-order valence-corrected chi connectivity index (χ3v) is 4.00. The predicted molar refractivity (Wildman–Crippen MR) is 79.0 cm³/mol. The molecule has 2 N–H and O–H groups in total. The van der Waals surface area contributed by atoms with E-state index in [-0.39, 0.29) is 0 Å². The highest BCUT2D eigenvalue weighted by Crippen LogP contribution is 2.32. The quantitative estimate of drug-likeness (QED) is 0.808. The summed E-state index contributed by atoms with van der Waals surface area (Å²) in [4.78, 5) is 4.45. The van der Waals surface area contributed by atoms with Crippen molar-refractivity contribution in [3.8, 4) is 0 Å². The average Bonchev–Trinajstić information content (AvgIpc) is 2.46. The molecule has 2 heterocycles. The molecule has 0 aliphatic carbocycles. The normalized spacial score (nSPS) is 23.4. The molecule has 1 aromatic carbocycles. The van der Waals surface area contributed by atoms with E-state index in [9.17, 15) is 0 Å². The number of hydrogen-bond donors (Lipinski definition) is 2. The Morgan fingerprint density at radius 2 is 2.21 bits per heavy atom. The van der Waals surface area contributed by atoms with Crippen molar-refractivity contribution in [2.75, 3.05) is 13.1 Å². The van der Waals surface area contributed by atoms with Crippen molar-refractivity contribution in [3.63, 3.8) is 0 Å². The Bertz CT molecular complexity index is 606. The Balaban J connectivity index is 2.11. The summed E-state index contributed by atoms with van der Waals surface area (Å²) >= 11 is 0. The first-order valence-corrected chi connectivity index (χ1v) is 6.88. The van der Waals surface area contributed by atoms with Crippen molar-refractivity contribution in [2.24, 2.45) is 5.92 Å². The van der Waals surface area contributed by atoms with Crippen LogP contribution in [0.25, 0.3) is 10.9 Å². The van der Waals surface area contributed by atoms with Crippen LogP contribution in [-0.4, -0.2) is 24.3 Å². The molecule has 1 saturated heterocycles. The summed E-state index contributed by atoms with van der Waals surface area (Å²) in [5, 5.41) is 12.2. The SMILES string of the molecule is C[C@H]1CNCC(c2ccc(C=N)c3ncccc23)C1. The number of nitrogens with one attached hydrogen (secondary N) is 2. The number of benzene rings is 1. The van der Waals surface area contributed by atoms with E-state index < -0.39 is 0 Å². The van der Waals surface area contributed by atoms with Crippen molar-refractivity contribution in [1.29, 1.82) is 5.41 Å². The fraction of sp³-hybridized carbons (Fsp3) is 0.375. The Kier molecular flexibility index (Phi) is 3.30. The molecule has 1 aliphatic heterocycles. The van der Waals surface area contributed by atoms with Gasteiger partial charge in [0, 0.05) is 29.9 Å². The van der Waals surface area contributed by atoms with Crippen molar-refractivity contribution in [2.45, 2.75) is 19.3 Å². The average molecular weight is 253 g/mol. The van der Waals surface area contributed by atoms with Crippen LogP contribution in [-0.2, 0) is 0 Å². The number of rotatable bonds is 2. The molecule has 1 unspecified atom stereocenters. The molecule has 0 bridgehead atoms. The fourth-order valence-corrected chi connectivity index (χ4v) is 3.08. The maximum atomic E-state index is 7.50. The van der Waals surface area contributed by atoms with E-state index in [1.807, 2.05) is 12.1 Å². The van der Waals surface area contributed by atoms with Gasteiger partial charge in [0.05, 0.1) is 5.52 Å². The van der Waals surface area contributed by atoms with Gasteiger partial charge < -0.3 is 10.7 Å². The zero-order chi connectivity index (χ0) is 13.2. The second-order valence-electron chi connectivity index (χ2n) is 5.48. The van der Waals surface area contributed by atoms with Crippen LogP contribution in [0.3, 0.4) is 0 Å². The highest BCUT2D eigenvalue weighted by Gasteiger charge is 2.22. The molecule has 3 heteroatoms. The zero-order valence-corrected chi connectivity index (χ0v) is 11.2. The maximum Gasteiger partial charge on any atom is 0.0792 e. The number of fused-ring (bicyclic) bond motifs is 1. The molecule has 0 amide bonds. The summed E-state index contributed by atoms with van der Waals surface area (Å²) in [6.07, 6.45) is 4.42. The van der Waals surface area contributed by atoms with Gasteiger partial charge in [-0.1, -0.05) is 25.1 Å². The molecule has 0 radical (unpaired) electrons. The Morgan fingerprint density at radius 1 is 1.32 bits per heavy atom. The van der Waals surface area contributed by atoms with Crippen LogP contribution in [0, 0.1) is 11.3 Å². The van der Waals surface area contributed by atoms with Crippen molar-refractivity contribution in [3.05, 3.63) is 41.6 Å². The summed E-state index contributed by atoms with van der Waals surface area (Å²) in [5.74, 6) is 1.27. The Hall–Kier alpha value is -1.74. The highest BCUT2D eigenvalue weighted by molar-refractivity contribution is 5.98. The second kappa shape index (κ2) is 5.10. The largest absolute Gasteiger partial charge is 0.316 e. The van der Waals surface area contributed by atoms with Gasteiger partial charge in [0.15, 0.2) is 0 Å². The molecule has 98 valence electrons. The van der Waals surface area contributed by atoms with Gasteiger partial charge in [0.2, 0.25) is 0 Å². The van der Waals surface area contributed by atoms with Gasteiger partial charge in [0.1, 0.15) is 0 Å². The number of nitrogens with zero attached hydrogens (tertiary/aromatic N) is 1. The zero-order valence-electron chi connectivity index (χ0n) is 11.2. The lowest BCUT2D eigenvalue weighted by atomic mass is 9.84. The van der Waals surface area contributed by atoms with Crippen LogP contribution < -0.4 is 5.32 Å². The van der Waals surface area contributed by atoms with Crippen LogP contribution in [0.5, 0.6) is 0 Å². The van der Waals surface area contributed by atoms with Crippen LogP contribution in [0.1, 0.15) is 30.4 Å². The molecule has 3 rings (SSSR count). The molecule has 1 aromatic heterocycles. The summed E-state index contributed by atoms with van der Waals surface area (Å²) in [6, 6.07) is 8.31. The van der Waals surface area contributed by atoms with Crippen LogP contribution in [0.15, 0.2) is 30.5 Å². The minimum atomic E-state index is 0.551. The monoisotopic (exact) mass is 253 g/mol. The second-order valence-corrected chi connectivity index (χ2v) is 5.48. The first kappa shape index (κ1) is 12.3. The summed E-state index contributed by atoms with van der Waals surface area (Å²) < 4.78 is 0. The predicted octanol–water partition coefficient (Wildman–Crippen LogP) is 2.95. The fourth-order valence-electron chi connectivity index (χ4n) is 3.08. The van der Waals surface area contributed by atoms with Gasteiger partial charge in [-0.15, -0.1) is 0 Å². The van der Waals surface area contributed by atoms with Crippen molar-refractivity contribution in [1.82, 2.24) is 10.3 Å². The van der Waals surface area contributed by atoms with E-state index in [2.05, 4.69) is 29.4 Å².